The van der Waals surface area contributed by atoms with Crippen LogP contribution in [0.15, 0.2) is 134 Å². The first kappa shape index (κ1) is 55.9. The van der Waals surface area contributed by atoms with Crippen LogP contribution in [0.5, 0.6) is 23.3 Å². The Hall–Kier alpha value is -6.32. The molecule has 16 nitrogen and oxygen atoms in total. The van der Waals surface area contributed by atoms with E-state index >= 15 is 0 Å². The van der Waals surface area contributed by atoms with Crippen molar-refractivity contribution in [2.75, 3.05) is 41.2 Å². The quantitative estimate of drug-likeness (QED) is 0.0217. The van der Waals surface area contributed by atoms with Gasteiger partial charge in [0.1, 0.15) is 41.7 Å². The lowest BCUT2D eigenvalue weighted by atomic mass is 9.80. The van der Waals surface area contributed by atoms with E-state index in [-0.39, 0.29) is 38.3 Å². The molecule has 1 aliphatic heterocycles. The Morgan fingerprint density at radius 2 is 1.38 bits per heavy atom. The number of aromatic nitrogens is 5. The van der Waals surface area contributed by atoms with E-state index in [0.29, 0.717) is 41.0 Å². The van der Waals surface area contributed by atoms with Gasteiger partial charge in [0.05, 0.1) is 66.6 Å². The minimum Gasteiger partial charge on any atom is -0.497 e. The normalized spacial score (nSPS) is 17.3. The second-order valence-electron chi connectivity index (χ2n) is 20.2. The van der Waals surface area contributed by atoms with E-state index in [0.717, 1.165) is 39.4 Å². The predicted molar refractivity (Wildman–Crippen MR) is 296 cm³/mol. The van der Waals surface area contributed by atoms with E-state index in [2.05, 4.69) is 80.2 Å². The van der Waals surface area contributed by atoms with Gasteiger partial charge in [0.15, 0.2) is 17.4 Å². The number of nitriles is 1. The van der Waals surface area contributed by atoms with Crippen molar-refractivity contribution in [2.45, 2.75) is 109 Å². The van der Waals surface area contributed by atoms with Gasteiger partial charge in [-0.15, -0.1) is 0 Å². The highest BCUT2D eigenvalue weighted by molar-refractivity contribution is 7.44. The van der Waals surface area contributed by atoms with Crippen LogP contribution in [0.4, 0.5) is 0 Å². The van der Waals surface area contributed by atoms with Gasteiger partial charge in [-0.3, -0.25) is 4.57 Å². The number of methoxy groups -OCH3 is 3. The van der Waals surface area contributed by atoms with Crippen LogP contribution in [0.25, 0.3) is 22.3 Å². The van der Waals surface area contributed by atoms with Crippen LogP contribution in [0.1, 0.15) is 62.6 Å². The summed E-state index contributed by atoms with van der Waals surface area (Å²) in [6.07, 6.45) is 1.83. The number of ether oxygens (including phenoxy) is 7. The zero-order valence-corrected chi connectivity index (χ0v) is 47.1. The number of hydrogen-bond donors (Lipinski definition) is 0. The molecule has 1 fully saturated rings. The molecule has 0 bridgehead atoms. The molecule has 0 spiro atoms. The number of pyridine rings is 1. The number of fused-ring (bicyclic) bond motifs is 1. The van der Waals surface area contributed by atoms with Gasteiger partial charge < -0.3 is 42.2 Å². The molecule has 0 saturated carbocycles. The summed E-state index contributed by atoms with van der Waals surface area (Å²) in [5.74, 6) is 2.34. The summed E-state index contributed by atoms with van der Waals surface area (Å²) in [6, 6.07) is 41.2. The lowest BCUT2D eigenvalue weighted by Gasteiger charge is -2.39. The van der Waals surface area contributed by atoms with E-state index in [1.807, 2.05) is 108 Å². The summed E-state index contributed by atoms with van der Waals surface area (Å²) in [5.41, 5.74) is 5.24. The molecule has 0 amide bonds. The second-order valence-corrected chi connectivity index (χ2v) is 27.2. The van der Waals surface area contributed by atoms with Gasteiger partial charge in [0.25, 0.3) is 8.53 Å². The van der Waals surface area contributed by atoms with Crippen molar-refractivity contribution in [3.05, 3.63) is 156 Å². The number of benzene rings is 4. The van der Waals surface area contributed by atoms with Crippen molar-refractivity contribution in [1.29, 1.82) is 5.26 Å². The van der Waals surface area contributed by atoms with Gasteiger partial charge in [0.2, 0.25) is 11.8 Å². The molecule has 4 aromatic carbocycles. The highest BCUT2D eigenvalue weighted by atomic mass is 31.2. The lowest BCUT2D eigenvalue weighted by Crippen LogP contribution is -2.43. The number of nitrogens with zero attached hydrogens (tertiary/aromatic N) is 7. The summed E-state index contributed by atoms with van der Waals surface area (Å²) in [6.45, 7) is 16.2. The standard InChI is InChI=1S/C58H70N7O9PSi/c1-40(2)65(41(3)4)75(72-32-14-31-59)74-53-50(37-71-58(45-15-12-11-13-16-45,46-22-26-48(66-5)27-23-46)47-24-28-49(67-6)29-25-47)73-57(64-39-63-52-55(64)61-38-62-56(52)69-33-34-76(8,9)10)54(53)70-36-42-17-19-43(20-18-42)44-21-30-51(68-7)60-35-44/h11-13,15-30,35,38-41,50,53-54,57H,14,32-34,36-37H2,1-10H3/t50-,53-,54-,57-,75?/m1/s1. The van der Waals surface area contributed by atoms with Crippen molar-refractivity contribution < 1.29 is 42.2 Å². The van der Waals surface area contributed by atoms with E-state index in [1.165, 1.54) is 6.33 Å². The molecular formula is C58H70N7O9PSi. The summed E-state index contributed by atoms with van der Waals surface area (Å²) in [5, 5.41) is 9.72. The van der Waals surface area contributed by atoms with E-state index < -0.39 is 46.7 Å². The molecule has 76 heavy (non-hydrogen) atoms. The second kappa shape index (κ2) is 25.7. The maximum Gasteiger partial charge on any atom is 0.259 e. The first-order valence-electron chi connectivity index (χ1n) is 25.7. The van der Waals surface area contributed by atoms with Crippen LogP contribution in [-0.4, -0.2) is 109 Å². The van der Waals surface area contributed by atoms with E-state index in [4.69, 9.17) is 52.2 Å². The third-order valence-electron chi connectivity index (χ3n) is 13.2. The van der Waals surface area contributed by atoms with Crippen LogP contribution in [-0.2, 0) is 35.5 Å². The third kappa shape index (κ3) is 13.1. The van der Waals surface area contributed by atoms with E-state index in [1.54, 1.807) is 33.9 Å². The number of rotatable bonds is 26. The SMILES string of the molecule is COc1ccc(C(OC[C@H]2O[C@@H](n3cnc4c(OCC[Si](C)(C)C)ncnc43)[C@H](OCc3ccc(-c4ccc(OC)nc4)cc3)[C@@H]2OP(OCCC#N)N(C(C)C)C(C)C)(c2ccccc2)c2ccc(OC)cc2)cc1. The van der Waals surface area contributed by atoms with Gasteiger partial charge in [0, 0.05) is 38.0 Å². The maximum absolute atomic E-state index is 9.72. The first-order valence-corrected chi connectivity index (χ1v) is 30.5. The van der Waals surface area contributed by atoms with Crippen LogP contribution >= 0.6 is 8.53 Å². The van der Waals surface area contributed by atoms with Crippen molar-refractivity contribution in [2.24, 2.45) is 0 Å². The first-order chi connectivity index (χ1) is 36.8. The summed E-state index contributed by atoms with van der Waals surface area (Å²) in [4.78, 5) is 18.6. The smallest absolute Gasteiger partial charge is 0.259 e. The summed E-state index contributed by atoms with van der Waals surface area (Å²) in [7, 11) is 1.64. The van der Waals surface area contributed by atoms with Crippen molar-refractivity contribution in [3.63, 3.8) is 0 Å². The Morgan fingerprint density at radius 1 is 0.737 bits per heavy atom. The summed E-state index contributed by atoms with van der Waals surface area (Å²) >= 11 is 0. The fourth-order valence-electron chi connectivity index (χ4n) is 9.28. The Balaban J connectivity index is 1.26. The van der Waals surface area contributed by atoms with Crippen LogP contribution < -0.4 is 18.9 Å². The number of hydrogen-bond acceptors (Lipinski definition) is 15. The van der Waals surface area contributed by atoms with Gasteiger partial charge in [-0.1, -0.05) is 98.5 Å². The Morgan fingerprint density at radius 3 is 1.96 bits per heavy atom. The molecule has 5 atom stereocenters. The molecule has 0 radical (unpaired) electrons. The molecule has 0 aliphatic carbocycles. The van der Waals surface area contributed by atoms with Gasteiger partial charge in [-0.25, -0.2) is 19.6 Å². The zero-order valence-electron chi connectivity index (χ0n) is 45.2. The molecule has 1 saturated heterocycles. The van der Waals surface area contributed by atoms with Crippen LogP contribution in [0.2, 0.25) is 25.7 Å². The van der Waals surface area contributed by atoms with Crippen molar-refractivity contribution in [1.82, 2.24) is 29.2 Å². The van der Waals surface area contributed by atoms with Gasteiger partial charge in [-0.2, -0.15) is 10.2 Å². The maximum atomic E-state index is 9.72. The molecule has 7 aromatic rings. The molecule has 1 aliphatic rings. The largest absolute Gasteiger partial charge is 0.497 e. The van der Waals surface area contributed by atoms with Crippen LogP contribution in [0.3, 0.4) is 0 Å². The third-order valence-corrected chi connectivity index (χ3v) is 17.0. The molecule has 3 aromatic heterocycles. The molecule has 8 rings (SSSR count). The average Bonchev–Trinajstić information content (AvgIpc) is 4.06. The highest BCUT2D eigenvalue weighted by Crippen LogP contribution is 2.52. The monoisotopic (exact) mass is 1070 g/mol. The minimum atomic E-state index is -1.84. The number of imidazole rings is 1. The fraction of sp³-hybridized carbons (Fsp3) is 0.397. The molecule has 400 valence electrons. The highest BCUT2D eigenvalue weighted by Gasteiger charge is 2.52. The molecule has 0 N–H and O–H groups in total. The minimum absolute atomic E-state index is 0.00400. The fourth-order valence-corrected chi connectivity index (χ4v) is 11.8. The summed E-state index contributed by atoms with van der Waals surface area (Å²) < 4.78 is 63.2. The van der Waals surface area contributed by atoms with E-state index in [9.17, 15) is 5.26 Å². The Bertz CT molecular complexity index is 2900. The average molecular weight is 1070 g/mol. The molecule has 4 heterocycles. The van der Waals surface area contributed by atoms with Crippen molar-refractivity contribution >= 4 is 27.8 Å². The zero-order chi connectivity index (χ0) is 53.8. The Kier molecular flexibility index (Phi) is 18.9. The molecular weight excluding hydrogens is 998 g/mol. The van der Waals surface area contributed by atoms with Crippen molar-refractivity contribution in [3.8, 4) is 40.5 Å². The Labute approximate surface area is 449 Å². The predicted octanol–water partition coefficient (Wildman–Crippen LogP) is 11.8. The topological polar surface area (TPSA) is 167 Å². The van der Waals surface area contributed by atoms with Gasteiger partial charge >= 0.3 is 0 Å². The van der Waals surface area contributed by atoms with Gasteiger partial charge in [-0.05, 0) is 91.9 Å². The molecule has 18 heteroatoms. The van der Waals surface area contributed by atoms with Crippen LogP contribution in [0, 0.1) is 11.3 Å². The lowest BCUT2D eigenvalue weighted by molar-refractivity contribution is -0.0963. The molecule has 1 unspecified atom stereocenters.